The van der Waals surface area contributed by atoms with Crippen LogP contribution in [0.1, 0.15) is 17.4 Å². The van der Waals surface area contributed by atoms with E-state index in [4.69, 9.17) is 4.52 Å². The van der Waals surface area contributed by atoms with Gasteiger partial charge in [0.2, 0.25) is 0 Å². The van der Waals surface area contributed by atoms with Crippen molar-refractivity contribution >= 4 is 5.91 Å². The van der Waals surface area contributed by atoms with E-state index < -0.39 is 0 Å². The van der Waals surface area contributed by atoms with Crippen molar-refractivity contribution in [3.8, 4) is 11.3 Å². The minimum absolute atomic E-state index is 0.0649. The molecule has 1 N–H and O–H groups in total. The largest absolute Gasteiger partial charge is 0.355 e. The van der Waals surface area contributed by atoms with Crippen LogP contribution in [-0.2, 0) is 0 Å². The number of nitrogens with zero attached hydrogens (tertiary/aromatic N) is 2. The zero-order valence-electron chi connectivity index (χ0n) is 11.4. The van der Waals surface area contributed by atoms with E-state index in [1.165, 1.54) is 0 Å². The molecule has 2 heterocycles. The molecule has 104 valence electrons. The van der Waals surface area contributed by atoms with Gasteiger partial charge in [0, 0.05) is 37.3 Å². The molecule has 1 saturated heterocycles. The topological polar surface area (TPSA) is 58.4 Å². The zero-order chi connectivity index (χ0) is 13.9. The molecule has 0 unspecified atom stereocenters. The standard InChI is InChI=1S/C15H17N3O2/c1-11-10-16-7-8-18(11)15(19)13-9-14(20-17-13)12-5-3-2-4-6-12/h2-6,9,11,16H,7-8,10H2,1H3/t11-/m1/s1. The van der Waals surface area contributed by atoms with Gasteiger partial charge in [-0.1, -0.05) is 35.5 Å². The maximum Gasteiger partial charge on any atom is 0.276 e. The Hall–Kier alpha value is -2.14. The van der Waals surface area contributed by atoms with Crippen molar-refractivity contribution in [3.05, 3.63) is 42.1 Å². The summed E-state index contributed by atoms with van der Waals surface area (Å²) in [5.41, 5.74) is 1.30. The number of hydrogen-bond acceptors (Lipinski definition) is 4. The van der Waals surface area contributed by atoms with Crippen LogP contribution < -0.4 is 5.32 Å². The number of aromatic nitrogens is 1. The summed E-state index contributed by atoms with van der Waals surface area (Å²) in [6.07, 6.45) is 0. The van der Waals surface area contributed by atoms with Crippen molar-refractivity contribution in [1.29, 1.82) is 0 Å². The third-order valence-electron chi connectivity index (χ3n) is 3.55. The van der Waals surface area contributed by atoms with Gasteiger partial charge in [-0.15, -0.1) is 0 Å². The summed E-state index contributed by atoms with van der Waals surface area (Å²) < 4.78 is 5.28. The van der Waals surface area contributed by atoms with Crippen LogP contribution in [0.2, 0.25) is 0 Å². The van der Waals surface area contributed by atoms with Crippen LogP contribution in [0, 0.1) is 0 Å². The van der Waals surface area contributed by atoms with Crippen LogP contribution in [0.25, 0.3) is 11.3 Å². The molecule has 1 fully saturated rings. The van der Waals surface area contributed by atoms with Gasteiger partial charge in [-0.05, 0) is 6.92 Å². The minimum Gasteiger partial charge on any atom is -0.355 e. The molecule has 0 spiro atoms. The number of piperazine rings is 1. The lowest BCUT2D eigenvalue weighted by Crippen LogP contribution is -2.52. The first-order chi connectivity index (χ1) is 9.75. The van der Waals surface area contributed by atoms with E-state index in [0.717, 1.165) is 18.7 Å². The number of carbonyl (C=O) groups is 1. The third-order valence-corrected chi connectivity index (χ3v) is 3.55. The van der Waals surface area contributed by atoms with E-state index in [1.807, 2.05) is 42.2 Å². The molecule has 0 bridgehead atoms. The summed E-state index contributed by atoms with van der Waals surface area (Å²) in [5, 5.41) is 7.18. The van der Waals surface area contributed by atoms with Crippen LogP contribution in [0.15, 0.2) is 40.9 Å². The van der Waals surface area contributed by atoms with Crippen molar-refractivity contribution in [2.24, 2.45) is 0 Å². The number of benzene rings is 1. The van der Waals surface area contributed by atoms with E-state index in [2.05, 4.69) is 10.5 Å². The van der Waals surface area contributed by atoms with Crippen LogP contribution in [-0.4, -0.2) is 41.6 Å². The van der Waals surface area contributed by atoms with E-state index in [0.29, 0.717) is 18.0 Å². The smallest absolute Gasteiger partial charge is 0.276 e. The average molecular weight is 271 g/mol. The maximum atomic E-state index is 12.4. The molecule has 1 aromatic heterocycles. The number of amides is 1. The molecule has 5 heteroatoms. The molecular formula is C15H17N3O2. The fourth-order valence-electron chi connectivity index (χ4n) is 2.40. The SMILES string of the molecule is C[C@@H]1CNCCN1C(=O)c1cc(-c2ccccc2)on1. The normalized spacial score (nSPS) is 19.1. The van der Waals surface area contributed by atoms with Gasteiger partial charge < -0.3 is 14.7 Å². The average Bonchev–Trinajstić information content (AvgIpc) is 2.98. The predicted octanol–water partition coefficient (Wildman–Crippen LogP) is 1.78. The van der Waals surface area contributed by atoms with Crippen molar-refractivity contribution < 1.29 is 9.32 Å². The molecule has 1 amide bonds. The summed E-state index contributed by atoms with van der Waals surface area (Å²) in [6, 6.07) is 11.5. The number of carbonyl (C=O) groups excluding carboxylic acids is 1. The van der Waals surface area contributed by atoms with Gasteiger partial charge >= 0.3 is 0 Å². The molecule has 1 aliphatic heterocycles. The second kappa shape index (κ2) is 5.46. The number of rotatable bonds is 2. The minimum atomic E-state index is -0.0649. The zero-order valence-corrected chi connectivity index (χ0v) is 11.4. The highest BCUT2D eigenvalue weighted by atomic mass is 16.5. The van der Waals surface area contributed by atoms with Gasteiger partial charge in [0.15, 0.2) is 11.5 Å². The van der Waals surface area contributed by atoms with Crippen LogP contribution in [0.4, 0.5) is 0 Å². The van der Waals surface area contributed by atoms with Gasteiger partial charge in [0.1, 0.15) is 0 Å². The summed E-state index contributed by atoms with van der Waals surface area (Å²) in [4.78, 5) is 14.3. The molecule has 1 aromatic carbocycles. The van der Waals surface area contributed by atoms with Gasteiger partial charge in [-0.25, -0.2) is 0 Å². The van der Waals surface area contributed by atoms with Gasteiger partial charge in [0.05, 0.1) is 0 Å². The Morgan fingerprint density at radius 3 is 2.95 bits per heavy atom. The highest BCUT2D eigenvalue weighted by Crippen LogP contribution is 2.21. The second-order valence-electron chi connectivity index (χ2n) is 4.99. The van der Waals surface area contributed by atoms with E-state index in [-0.39, 0.29) is 11.9 Å². The monoisotopic (exact) mass is 271 g/mol. The van der Waals surface area contributed by atoms with Gasteiger partial charge in [-0.2, -0.15) is 0 Å². The Morgan fingerprint density at radius 2 is 2.20 bits per heavy atom. The molecule has 1 aliphatic rings. The Bertz CT molecular complexity index is 594. The molecule has 0 saturated carbocycles. The highest BCUT2D eigenvalue weighted by Gasteiger charge is 2.26. The van der Waals surface area contributed by atoms with E-state index >= 15 is 0 Å². The van der Waals surface area contributed by atoms with E-state index in [9.17, 15) is 4.79 Å². The van der Waals surface area contributed by atoms with Gasteiger partial charge in [0.25, 0.3) is 5.91 Å². The summed E-state index contributed by atoms with van der Waals surface area (Å²) in [6.45, 7) is 4.37. The van der Waals surface area contributed by atoms with Crippen LogP contribution >= 0.6 is 0 Å². The number of hydrogen-bond donors (Lipinski definition) is 1. The summed E-state index contributed by atoms with van der Waals surface area (Å²) >= 11 is 0. The van der Waals surface area contributed by atoms with Crippen molar-refractivity contribution in [3.63, 3.8) is 0 Å². The van der Waals surface area contributed by atoms with E-state index in [1.54, 1.807) is 6.07 Å². The fourth-order valence-corrected chi connectivity index (χ4v) is 2.40. The van der Waals surface area contributed by atoms with Crippen molar-refractivity contribution in [2.75, 3.05) is 19.6 Å². The maximum absolute atomic E-state index is 12.4. The Balaban J connectivity index is 1.81. The lowest BCUT2D eigenvalue weighted by atomic mass is 10.1. The molecular weight excluding hydrogens is 254 g/mol. The summed E-state index contributed by atoms with van der Waals surface area (Å²) in [5.74, 6) is 0.557. The fraction of sp³-hybridized carbons (Fsp3) is 0.333. The second-order valence-corrected chi connectivity index (χ2v) is 4.99. The highest BCUT2D eigenvalue weighted by molar-refractivity contribution is 5.93. The predicted molar refractivity (Wildman–Crippen MR) is 75.3 cm³/mol. The molecule has 5 nitrogen and oxygen atoms in total. The van der Waals surface area contributed by atoms with Crippen molar-refractivity contribution in [2.45, 2.75) is 13.0 Å². The summed E-state index contributed by atoms with van der Waals surface area (Å²) in [7, 11) is 0. The first-order valence-electron chi connectivity index (χ1n) is 6.79. The van der Waals surface area contributed by atoms with Gasteiger partial charge in [-0.3, -0.25) is 4.79 Å². The molecule has 1 atom stereocenters. The molecule has 0 radical (unpaired) electrons. The molecule has 2 aromatic rings. The molecule has 3 rings (SSSR count). The first kappa shape index (κ1) is 12.9. The van der Waals surface area contributed by atoms with Crippen LogP contribution in [0.3, 0.4) is 0 Å². The third kappa shape index (κ3) is 2.44. The lowest BCUT2D eigenvalue weighted by Gasteiger charge is -2.33. The van der Waals surface area contributed by atoms with Crippen molar-refractivity contribution in [1.82, 2.24) is 15.4 Å². The lowest BCUT2D eigenvalue weighted by molar-refractivity contribution is 0.0645. The Labute approximate surface area is 117 Å². The molecule has 20 heavy (non-hydrogen) atoms. The first-order valence-corrected chi connectivity index (χ1v) is 6.79. The Morgan fingerprint density at radius 1 is 1.40 bits per heavy atom. The quantitative estimate of drug-likeness (QED) is 0.904. The molecule has 0 aliphatic carbocycles. The Kier molecular flexibility index (Phi) is 3.52. The number of nitrogens with one attached hydrogen (secondary N) is 1. The van der Waals surface area contributed by atoms with Crippen LogP contribution in [0.5, 0.6) is 0 Å².